The Morgan fingerprint density at radius 2 is 2.08 bits per heavy atom. The van der Waals surface area contributed by atoms with E-state index in [-0.39, 0.29) is 5.02 Å². The molecule has 2 nitrogen and oxygen atoms in total. The quantitative estimate of drug-likeness (QED) is 0.771. The number of nitrogens with two attached hydrogens (primary N) is 1. The van der Waals surface area contributed by atoms with Crippen LogP contribution >= 0.6 is 11.6 Å². The molecule has 72 valence electrons. The minimum Gasteiger partial charge on any atom is -0.387 e. The van der Waals surface area contributed by atoms with Crippen molar-refractivity contribution >= 4 is 11.6 Å². The van der Waals surface area contributed by atoms with Gasteiger partial charge in [0.2, 0.25) is 0 Å². The second kappa shape index (κ2) is 4.05. The smallest absolute Gasteiger partial charge is 0.125 e. The van der Waals surface area contributed by atoms with E-state index in [1.54, 1.807) is 6.92 Å². The van der Waals surface area contributed by atoms with Gasteiger partial charge in [0.25, 0.3) is 0 Å². The summed E-state index contributed by atoms with van der Waals surface area (Å²) in [6.07, 6.45) is -0.881. The van der Waals surface area contributed by atoms with E-state index in [4.69, 9.17) is 17.3 Å². The van der Waals surface area contributed by atoms with Crippen LogP contribution in [0.3, 0.4) is 0 Å². The van der Waals surface area contributed by atoms with E-state index in [0.29, 0.717) is 5.56 Å². The molecule has 0 saturated carbocycles. The van der Waals surface area contributed by atoms with Crippen molar-refractivity contribution in [2.75, 3.05) is 0 Å². The molecule has 0 spiro atoms. The van der Waals surface area contributed by atoms with Gasteiger partial charge in [0.1, 0.15) is 5.82 Å². The van der Waals surface area contributed by atoms with Crippen LogP contribution in [-0.4, -0.2) is 11.1 Å². The first kappa shape index (κ1) is 10.4. The van der Waals surface area contributed by atoms with Gasteiger partial charge in [-0.15, -0.1) is 0 Å². The number of aliphatic hydroxyl groups excluding tert-OH is 1. The van der Waals surface area contributed by atoms with E-state index in [1.165, 1.54) is 18.2 Å². The fourth-order valence-corrected chi connectivity index (χ4v) is 1.28. The predicted octanol–water partition coefficient (Wildman–Crippen LogP) is 1.86. The van der Waals surface area contributed by atoms with Crippen molar-refractivity contribution in [2.24, 2.45) is 5.73 Å². The van der Waals surface area contributed by atoms with Crippen LogP contribution in [0.1, 0.15) is 18.6 Å². The summed E-state index contributed by atoms with van der Waals surface area (Å²) in [6, 6.07) is 3.45. The van der Waals surface area contributed by atoms with Crippen molar-refractivity contribution < 1.29 is 9.50 Å². The Bertz CT molecular complexity index is 283. The molecule has 0 radical (unpaired) electrons. The Balaban J connectivity index is 3.01. The average molecular weight is 204 g/mol. The molecule has 0 unspecified atom stereocenters. The summed E-state index contributed by atoms with van der Waals surface area (Å²) in [7, 11) is 0. The van der Waals surface area contributed by atoms with Gasteiger partial charge in [-0.2, -0.15) is 0 Å². The molecule has 0 aliphatic heterocycles. The molecule has 1 aromatic rings. The Kier molecular flexibility index (Phi) is 3.25. The van der Waals surface area contributed by atoms with Crippen LogP contribution < -0.4 is 5.73 Å². The highest BCUT2D eigenvalue weighted by molar-refractivity contribution is 6.30. The summed E-state index contributed by atoms with van der Waals surface area (Å²) < 4.78 is 12.8. The maximum Gasteiger partial charge on any atom is 0.125 e. The first-order chi connectivity index (χ1) is 6.00. The average Bonchev–Trinajstić information content (AvgIpc) is 2.01. The van der Waals surface area contributed by atoms with Crippen molar-refractivity contribution in [3.63, 3.8) is 0 Å². The summed E-state index contributed by atoms with van der Waals surface area (Å²) in [4.78, 5) is 0. The molecule has 1 rings (SSSR count). The number of hydrogen-bond acceptors (Lipinski definition) is 2. The first-order valence-corrected chi connectivity index (χ1v) is 4.28. The second-order valence-electron chi connectivity index (χ2n) is 3.01. The standard InChI is InChI=1S/C9H11ClFNO/c1-5(12)9(13)6-2-7(10)4-8(11)3-6/h2-5,9,13H,12H2,1H3/t5-,9-/m1/s1. The highest BCUT2D eigenvalue weighted by atomic mass is 35.5. The molecule has 3 N–H and O–H groups in total. The van der Waals surface area contributed by atoms with Crippen LogP contribution in [0.15, 0.2) is 18.2 Å². The molecule has 0 aliphatic carbocycles. The molecule has 1 aromatic carbocycles. The molecule has 13 heavy (non-hydrogen) atoms. The van der Waals surface area contributed by atoms with E-state index < -0.39 is 18.0 Å². The Morgan fingerprint density at radius 1 is 1.46 bits per heavy atom. The lowest BCUT2D eigenvalue weighted by Gasteiger charge is -2.14. The molecule has 0 fully saturated rings. The molecular weight excluding hydrogens is 193 g/mol. The third kappa shape index (κ3) is 2.66. The van der Waals surface area contributed by atoms with Gasteiger partial charge < -0.3 is 10.8 Å². The minimum atomic E-state index is -0.881. The molecule has 4 heteroatoms. The van der Waals surface area contributed by atoms with E-state index in [9.17, 15) is 9.50 Å². The fraction of sp³-hybridized carbons (Fsp3) is 0.333. The number of aliphatic hydroxyl groups is 1. The van der Waals surface area contributed by atoms with Gasteiger partial charge in [-0.1, -0.05) is 11.6 Å². The van der Waals surface area contributed by atoms with E-state index in [2.05, 4.69) is 0 Å². The third-order valence-electron chi connectivity index (χ3n) is 1.72. The molecule has 0 aliphatic rings. The number of halogens is 2. The van der Waals surface area contributed by atoms with Crippen LogP contribution in [0.4, 0.5) is 4.39 Å². The molecule has 0 aromatic heterocycles. The lowest BCUT2D eigenvalue weighted by molar-refractivity contribution is 0.153. The first-order valence-electron chi connectivity index (χ1n) is 3.90. The molecule has 0 saturated heterocycles. The molecule has 0 heterocycles. The van der Waals surface area contributed by atoms with E-state index >= 15 is 0 Å². The van der Waals surface area contributed by atoms with Gasteiger partial charge in [-0.05, 0) is 30.7 Å². The summed E-state index contributed by atoms with van der Waals surface area (Å²) >= 11 is 5.61. The molecule has 0 amide bonds. The van der Waals surface area contributed by atoms with Crippen LogP contribution in [0, 0.1) is 5.82 Å². The number of hydrogen-bond donors (Lipinski definition) is 2. The fourth-order valence-electron chi connectivity index (χ4n) is 1.05. The Morgan fingerprint density at radius 3 is 2.54 bits per heavy atom. The highest BCUT2D eigenvalue weighted by Crippen LogP contribution is 2.21. The van der Waals surface area contributed by atoms with Gasteiger partial charge in [0, 0.05) is 11.1 Å². The third-order valence-corrected chi connectivity index (χ3v) is 1.94. The zero-order valence-corrected chi connectivity index (χ0v) is 7.92. The van der Waals surface area contributed by atoms with E-state index in [1.807, 2.05) is 0 Å². The van der Waals surface area contributed by atoms with Crippen molar-refractivity contribution in [2.45, 2.75) is 19.1 Å². The van der Waals surface area contributed by atoms with E-state index in [0.717, 1.165) is 0 Å². The molecular formula is C9H11ClFNO. The number of benzene rings is 1. The van der Waals surface area contributed by atoms with Crippen LogP contribution in [0.2, 0.25) is 5.02 Å². The summed E-state index contributed by atoms with van der Waals surface area (Å²) in [6.45, 7) is 1.64. The lowest BCUT2D eigenvalue weighted by Crippen LogP contribution is -2.24. The Labute approximate surface area is 81.1 Å². The predicted molar refractivity (Wildman–Crippen MR) is 50.0 cm³/mol. The van der Waals surface area contributed by atoms with Gasteiger partial charge in [0.05, 0.1) is 6.10 Å². The SMILES string of the molecule is C[C@@H](N)[C@@H](O)c1cc(F)cc(Cl)c1. The lowest BCUT2D eigenvalue weighted by atomic mass is 10.0. The van der Waals surface area contributed by atoms with Gasteiger partial charge in [0.15, 0.2) is 0 Å². The van der Waals surface area contributed by atoms with Gasteiger partial charge in [-0.25, -0.2) is 4.39 Å². The van der Waals surface area contributed by atoms with Crippen LogP contribution in [0.25, 0.3) is 0 Å². The summed E-state index contributed by atoms with van der Waals surface area (Å²) in [5.74, 6) is -0.470. The van der Waals surface area contributed by atoms with Gasteiger partial charge >= 0.3 is 0 Å². The molecule has 2 atom stereocenters. The van der Waals surface area contributed by atoms with Crippen molar-refractivity contribution in [1.82, 2.24) is 0 Å². The number of rotatable bonds is 2. The Hall–Kier alpha value is -0.640. The van der Waals surface area contributed by atoms with Crippen LogP contribution in [-0.2, 0) is 0 Å². The highest BCUT2D eigenvalue weighted by Gasteiger charge is 2.13. The van der Waals surface area contributed by atoms with Gasteiger partial charge in [-0.3, -0.25) is 0 Å². The van der Waals surface area contributed by atoms with Crippen molar-refractivity contribution in [3.05, 3.63) is 34.6 Å². The molecule has 0 bridgehead atoms. The van der Waals surface area contributed by atoms with Crippen molar-refractivity contribution in [1.29, 1.82) is 0 Å². The maximum absolute atomic E-state index is 12.8. The van der Waals surface area contributed by atoms with Crippen molar-refractivity contribution in [3.8, 4) is 0 Å². The maximum atomic E-state index is 12.8. The zero-order valence-electron chi connectivity index (χ0n) is 7.17. The monoisotopic (exact) mass is 203 g/mol. The summed E-state index contributed by atoms with van der Waals surface area (Å²) in [5, 5.41) is 9.76. The van der Waals surface area contributed by atoms with Crippen LogP contribution in [0.5, 0.6) is 0 Å². The normalized spacial score (nSPS) is 15.5. The topological polar surface area (TPSA) is 46.2 Å². The largest absolute Gasteiger partial charge is 0.387 e. The zero-order chi connectivity index (χ0) is 10.0. The second-order valence-corrected chi connectivity index (χ2v) is 3.44. The minimum absolute atomic E-state index is 0.259. The summed E-state index contributed by atoms with van der Waals surface area (Å²) in [5.41, 5.74) is 5.86.